The van der Waals surface area contributed by atoms with Crippen molar-refractivity contribution in [1.82, 2.24) is 4.98 Å². The number of nitrogens with zero attached hydrogens (tertiary/aromatic N) is 2. The molecule has 19 heavy (non-hydrogen) atoms. The zero-order valence-corrected chi connectivity index (χ0v) is 12.4. The standard InChI is InChI=1S/C15H17N3S/c1-9-5-6-13(8-16)15(17-9)18-11(3)14-7-10(2)19-12(14)4/h5-7,11H,1-4H3,(H,17,18). The van der Waals surface area contributed by atoms with E-state index in [1.165, 1.54) is 15.3 Å². The summed E-state index contributed by atoms with van der Waals surface area (Å²) < 4.78 is 0. The van der Waals surface area contributed by atoms with Crippen LogP contribution >= 0.6 is 11.3 Å². The fourth-order valence-corrected chi connectivity index (χ4v) is 3.14. The van der Waals surface area contributed by atoms with Gasteiger partial charge in [-0.25, -0.2) is 4.98 Å². The number of aryl methyl sites for hydroxylation is 3. The maximum Gasteiger partial charge on any atom is 0.144 e. The molecule has 0 amide bonds. The van der Waals surface area contributed by atoms with Crippen LogP contribution in [-0.2, 0) is 0 Å². The van der Waals surface area contributed by atoms with Crippen LogP contribution in [0, 0.1) is 32.1 Å². The summed E-state index contributed by atoms with van der Waals surface area (Å²) in [6, 6.07) is 8.18. The normalized spacial score (nSPS) is 11.9. The quantitative estimate of drug-likeness (QED) is 0.913. The second-order valence-electron chi connectivity index (χ2n) is 4.70. The van der Waals surface area contributed by atoms with Crippen molar-refractivity contribution in [2.24, 2.45) is 0 Å². The smallest absolute Gasteiger partial charge is 0.144 e. The third kappa shape index (κ3) is 2.94. The second kappa shape index (κ2) is 5.41. The predicted molar refractivity (Wildman–Crippen MR) is 79.5 cm³/mol. The number of rotatable bonds is 3. The summed E-state index contributed by atoms with van der Waals surface area (Å²) in [7, 11) is 0. The molecule has 0 bridgehead atoms. The molecular formula is C15H17N3S. The van der Waals surface area contributed by atoms with Crippen LogP contribution in [0.4, 0.5) is 5.82 Å². The molecule has 4 heteroatoms. The predicted octanol–water partition coefficient (Wildman–Crippen LogP) is 4.11. The molecule has 0 aliphatic heterocycles. The Bertz CT molecular complexity index is 637. The molecule has 2 aromatic heterocycles. The van der Waals surface area contributed by atoms with Crippen molar-refractivity contribution in [2.75, 3.05) is 5.32 Å². The molecule has 0 aliphatic rings. The highest BCUT2D eigenvalue weighted by atomic mass is 32.1. The minimum atomic E-state index is 0.145. The largest absolute Gasteiger partial charge is 0.362 e. The van der Waals surface area contributed by atoms with Gasteiger partial charge in [0.25, 0.3) is 0 Å². The number of nitriles is 1. The molecule has 3 nitrogen and oxygen atoms in total. The van der Waals surface area contributed by atoms with Crippen LogP contribution in [0.1, 0.15) is 39.5 Å². The van der Waals surface area contributed by atoms with Crippen molar-refractivity contribution in [3.8, 4) is 6.07 Å². The summed E-state index contributed by atoms with van der Waals surface area (Å²) in [6.07, 6.45) is 0. The van der Waals surface area contributed by atoms with Crippen LogP contribution in [0.15, 0.2) is 18.2 Å². The van der Waals surface area contributed by atoms with E-state index in [0.29, 0.717) is 11.4 Å². The van der Waals surface area contributed by atoms with Crippen LogP contribution in [-0.4, -0.2) is 4.98 Å². The molecule has 0 spiro atoms. The van der Waals surface area contributed by atoms with Gasteiger partial charge in [-0.2, -0.15) is 5.26 Å². The number of hydrogen-bond acceptors (Lipinski definition) is 4. The molecule has 2 rings (SSSR count). The summed E-state index contributed by atoms with van der Waals surface area (Å²) >= 11 is 1.80. The number of pyridine rings is 1. The van der Waals surface area contributed by atoms with E-state index >= 15 is 0 Å². The summed E-state index contributed by atoms with van der Waals surface area (Å²) in [5.41, 5.74) is 2.77. The Labute approximate surface area is 117 Å². The van der Waals surface area contributed by atoms with Gasteiger partial charge in [0.05, 0.1) is 11.6 Å². The highest BCUT2D eigenvalue weighted by Crippen LogP contribution is 2.28. The van der Waals surface area contributed by atoms with Crippen LogP contribution in [0.25, 0.3) is 0 Å². The fourth-order valence-electron chi connectivity index (χ4n) is 2.12. The first-order chi connectivity index (χ1) is 9.01. The summed E-state index contributed by atoms with van der Waals surface area (Å²) in [6.45, 7) is 8.26. The molecule has 0 aromatic carbocycles. The molecule has 0 aliphatic carbocycles. The van der Waals surface area contributed by atoms with Gasteiger partial charge in [-0.1, -0.05) is 0 Å². The number of anilines is 1. The Kier molecular flexibility index (Phi) is 3.87. The van der Waals surface area contributed by atoms with E-state index in [0.717, 1.165) is 5.69 Å². The Morgan fingerprint density at radius 1 is 1.32 bits per heavy atom. The Balaban J connectivity index is 2.29. The lowest BCUT2D eigenvalue weighted by atomic mass is 10.1. The van der Waals surface area contributed by atoms with Gasteiger partial charge in [-0.15, -0.1) is 11.3 Å². The van der Waals surface area contributed by atoms with Gasteiger partial charge < -0.3 is 5.32 Å². The van der Waals surface area contributed by atoms with E-state index in [-0.39, 0.29) is 6.04 Å². The molecule has 1 unspecified atom stereocenters. The lowest BCUT2D eigenvalue weighted by Crippen LogP contribution is -2.10. The Morgan fingerprint density at radius 2 is 2.05 bits per heavy atom. The van der Waals surface area contributed by atoms with Gasteiger partial charge in [0, 0.05) is 15.4 Å². The Hall–Kier alpha value is -1.86. The lowest BCUT2D eigenvalue weighted by Gasteiger charge is -2.16. The van der Waals surface area contributed by atoms with Gasteiger partial charge in [-0.05, 0) is 51.5 Å². The van der Waals surface area contributed by atoms with Crippen molar-refractivity contribution in [2.45, 2.75) is 33.7 Å². The van der Waals surface area contributed by atoms with Crippen LogP contribution in [0.3, 0.4) is 0 Å². The number of hydrogen-bond donors (Lipinski definition) is 1. The average Bonchev–Trinajstić information content (AvgIpc) is 2.69. The van der Waals surface area contributed by atoms with Gasteiger partial charge >= 0.3 is 0 Å². The minimum Gasteiger partial charge on any atom is -0.362 e. The van der Waals surface area contributed by atoms with Gasteiger partial charge in [0.1, 0.15) is 11.9 Å². The number of nitrogens with one attached hydrogen (secondary N) is 1. The second-order valence-corrected chi connectivity index (χ2v) is 6.16. The van der Waals surface area contributed by atoms with E-state index in [1.807, 2.05) is 19.1 Å². The minimum absolute atomic E-state index is 0.145. The summed E-state index contributed by atoms with van der Waals surface area (Å²) in [5, 5.41) is 12.5. The summed E-state index contributed by atoms with van der Waals surface area (Å²) in [5.74, 6) is 0.665. The third-order valence-electron chi connectivity index (χ3n) is 3.05. The van der Waals surface area contributed by atoms with Crippen molar-refractivity contribution in [3.63, 3.8) is 0 Å². The number of thiophene rings is 1. The zero-order chi connectivity index (χ0) is 14.0. The van der Waals surface area contributed by atoms with Crippen LogP contribution < -0.4 is 5.32 Å². The van der Waals surface area contributed by atoms with Gasteiger partial charge in [0.15, 0.2) is 0 Å². The van der Waals surface area contributed by atoms with Crippen LogP contribution in [0.5, 0.6) is 0 Å². The highest BCUT2D eigenvalue weighted by molar-refractivity contribution is 7.12. The van der Waals surface area contributed by atoms with E-state index < -0.39 is 0 Å². The van der Waals surface area contributed by atoms with Crippen molar-refractivity contribution >= 4 is 17.2 Å². The first-order valence-electron chi connectivity index (χ1n) is 6.22. The fraction of sp³-hybridized carbons (Fsp3) is 0.333. The maximum atomic E-state index is 9.12. The monoisotopic (exact) mass is 271 g/mol. The number of aromatic nitrogens is 1. The van der Waals surface area contributed by atoms with Gasteiger partial charge in [0.2, 0.25) is 0 Å². The molecule has 2 heterocycles. The van der Waals surface area contributed by atoms with E-state index in [1.54, 1.807) is 11.3 Å². The summed E-state index contributed by atoms with van der Waals surface area (Å²) in [4.78, 5) is 7.03. The van der Waals surface area contributed by atoms with Crippen LogP contribution in [0.2, 0.25) is 0 Å². The molecular weight excluding hydrogens is 254 g/mol. The van der Waals surface area contributed by atoms with E-state index in [2.05, 4.69) is 43.2 Å². The molecule has 0 fully saturated rings. The van der Waals surface area contributed by atoms with Crippen molar-refractivity contribution < 1.29 is 0 Å². The van der Waals surface area contributed by atoms with Crippen molar-refractivity contribution in [3.05, 3.63) is 44.8 Å². The molecule has 0 saturated carbocycles. The maximum absolute atomic E-state index is 9.12. The SMILES string of the molecule is Cc1ccc(C#N)c(NC(C)c2cc(C)sc2C)n1. The molecule has 2 aromatic rings. The molecule has 98 valence electrons. The molecule has 1 N–H and O–H groups in total. The lowest BCUT2D eigenvalue weighted by molar-refractivity contribution is 0.868. The van der Waals surface area contributed by atoms with Gasteiger partial charge in [-0.3, -0.25) is 0 Å². The molecule has 1 atom stereocenters. The zero-order valence-electron chi connectivity index (χ0n) is 11.6. The third-order valence-corrected chi connectivity index (χ3v) is 4.04. The topological polar surface area (TPSA) is 48.7 Å². The van der Waals surface area contributed by atoms with E-state index in [9.17, 15) is 0 Å². The Morgan fingerprint density at radius 3 is 2.63 bits per heavy atom. The molecule has 0 radical (unpaired) electrons. The first-order valence-corrected chi connectivity index (χ1v) is 7.04. The first kappa shape index (κ1) is 13.6. The highest BCUT2D eigenvalue weighted by Gasteiger charge is 2.13. The molecule has 0 saturated heterocycles. The average molecular weight is 271 g/mol. The van der Waals surface area contributed by atoms with E-state index in [4.69, 9.17) is 5.26 Å². The van der Waals surface area contributed by atoms with Crippen molar-refractivity contribution in [1.29, 1.82) is 5.26 Å².